The van der Waals surface area contributed by atoms with Gasteiger partial charge >= 0.3 is 119 Å². The van der Waals surface area contributed by atoms with E-state index in [1.54, 1.807) is 0 Å². The first-order valence-electron chi connectivity index (χ1n) is 3.03. The molecule has 0 aromatic carbocycles. The molecule has 19 heteroatoms. The zero-order valence-electron chi connectivity index (χ0n) is 11.3. The molecule has 0 aliphatic heterocycles. The number of halogens is 3. The maximum Gasteiger partial charge on any atom is 2.00 e. The molecule has 23 heavy (non-hydrogen) atoms. The van der Waals surface area contributed by atoms with E-state index >= 15 is 0 Å². The Hall–Kier alpha value is 2.28. The van der Waals surface area contributed by atoms with Crippen LogP contribution in [0, 0.1) is 0 Å². The van der Waals surface area contributed by atoms with Crippen LogP contribution in [0.5, 0.6) is 0 Å². The van der Waals surface area contributed by atoms with Crippen LogP contribution < -0.4 is 101 Å². The minimum absolute atomic E-state index is 0. The molecular weight excluding hydrogens is 480 g/mol. The summed E-state index contributed by atoms with van der Waals surface area (Å²) in [6.07, 6.45) is -8.33. The average molecular weight is 484 g/mol. The molecule has 12 nitrogen and oxygen atoms in total. The van der Waals surface area contributed by atoms with E-state index in [1.807, 2.05) is 0 Å². The molecule has 0 atom stereocenters. The molecule has 0 fully saturated rings. The second-order valence-corrected chi connectivity index (χ2v) is 6.24. The molecule has 122 valence electrons. The number of hydrogen-bond donors (Lipinski definition) is 4. The predicted octanol–water partition coefficient (Wildman–Crippen LogP) is -7.89. The Kier molecular flexibility index (Phi) is 95.6. The Balaban J connectivity index is -0.0000000197. The molecule has 0 rings (SSSR count). The van der Waals surface area contributed by atoms with Gasteiger partial charge in [0.2, 0.25) is 24.6 Å². The normalized spacial score (nSPS) is 5.74. The standard InChI is InChI=1S/4CH2O3.Ca.Cl3P.K.Na/c4*2-1(3)4;;1-4(2)3;;/h4*(H2,2,3,4);;;;/q;;;;+2;;2*+1/p-4. The van der Waals surface area contributed by atoms with Crippen LogP contribution in [0.15, 0.2) is 0 Å². The molecule has 0 unspecified atom stereocenters. The first-order chi connectivity index (χ1) is 8.66. The second-order valence-electron chi connectivity index (χ2n) is 1.26. The molecule has 0 heterocycles. The minimum atomic E-state index is -2.08. The van der Waals surface area contributed by atoms with Gasteiger partial charge < -0.3 is 60.0 Å². The molecule has 0 spiro atoms. The van der Waals surface area contributed by atoms with E-state index in [0.717, 1.165) is 0 Å². The van der Waals surface area contributed by atoms with Crippen LogP contribution in [0.4, 0.5) is 19.2 Å². The van der Waals surface area contributed by atoms with Crippen LogP contribution in [-0.4, -0.2) is 82.8 Å². The van der Waals surface area contributed by atoms with Gasteiger partial charge in [-0.1, -0.05) is 33.7 Å². The van der Waals surface area contributed by atoms with Crippen LogP contribution in [0.1, 0.15) is 0 Å². The summed E-state index contributed by atoms with van der Waals surface area (Å²) in [7, 11) is 0. The molecule has 0 aliphatic rings. The summed E-state index contributed by atoms with van der Waals surface area (Å²) < 4.78 is 0. The minimum Gasteiger partial charge on any atom is -0.565 e. The van der Waals surface area contributed by atoms with E-state index in [9.17, 15) is 0 Å². The van der Waals surface area contributed by atoms with Gasteiger partial charge in [0.15, 0.2) is 5.98 Å². The van der Waals surface area contributed by atoms with Crippen LogP contribution in [0.2, 0.25) is 0 Å². The summed E-state index contributed by atoms with van der Waals surface area (Å²) in [4.78, 5) is 33.8. The number of carbonyl (C=O) groups is 4. The molecule has 0 aromatic heterocycles. The topological polar surface area (TPSA) is 241 Å². The molecular formula is C4H4CaCl3KNaO12P. The smallest absolute Gasteiger partial charge is 0.565 e. The van der Waals surface area contributed by atoms with Gasteiger partial charge in [-0.2, -0.15) is 0 Å². The van der Waals surface area contributed by atoms with Crippen LogP contribution in [-0.2, 0) is 0 Å². The van der Waals surface area contributed by atoms with Crippen LogP contribution >= 0.6 is 39.7 Å². The van der Waals surface area contributed by atoms with Crippen molar-refractivity contribution in [2.45, 2.75) is 0 Å². The Morgan fingerprint density at radius 3 is 0.652 bits per heavy atom. The molecule has 0 saturated carbocycles. The summed E-state index contributed by atoms with van der Waals surface area (Å²) in [5, 5.41) is 61.2. The van der Waals surface area contributed by atoms with Crippen molar-refractivity contribution in [1.29, 1.82) is 0 Å². The van der Waals surface area contributed by atoms with Crippen molar-refractivity contribution in [2.24, 2.45) is 0 Å². The van der Waals surface area contributed by atoms with E-state index in [2.05, 4.69) is 0 Å². The van der Waals surface area contributed by atoms with Crippen molar-refractivity contribution in [3.05, 3.63) is 0 Å². The molecule has 0 amide bonds. The van der Waals surface area contributed by atoms with E-state index in [4.69, 9.17) is 93.8 Å². The summed E-state index contributed by atoms with van der Waals surface area (Å²) in [5.74, 6) is -1.20. The van der Waals surface area contributed by atoms with Gasteiger partial charge in [0, 0.05) is 0 Å². The van der Waals surface area contributed by atoms with E-state index in [0.29, 0.717) is 0 Å². The molecule has 0 saturated heterocycles. The fourth-order valence-corrected chi connectivity index (χ4v) is 0. The Morgan fingerprint density at radius 1 is 0.652 bits per heavy atom. The maximum absolute atomic E-state index is 8.44. The van der Waals surface area contributed by atoms with Gasteiger partial charge in [-0.3, -0.25) is 0 Å². The monoisotopic (exact) mass is 482 g/mol. The van der Waals surface area contributed by atoms with Gasteiger partial charge in [-0.05, 0) is 0 Å². The third kappa shape index (κ3) is 2330. The quantitative estimate of drug-likeness (QED) is 0.185. The van der Waals surface area contributed by atoms with Crippen LogP contribution in [0.3, 0.4) is 0 Å². The first kappa shape index (κ1) is 49.9. The molecule has 4 N–H and O–H groups in total. The third-order valence-electron chi connectivity index (χ3n) is 0. The van der Waals surface area contributed by atoms with Crippen molar-refractivity contribution >= 4 is 102 Å². The van der Waals surface area contributed by atoms with Crippen LogP contribution in [0.25, 0.3) is 0 Å². The number of carboxylic acid groups (broad SMARTS) is 8. The van der Waals surface area contributed by atoms with Gasteiger partial charge in [0.05, 0.1) is 0 Å². The maximum atomic E-state index is 8.44. The van der Waals surface area contributed by atoms with E-state index in [-0.39, 0.29) is 119 Å². The van der Waals surface area contributed by atoms with Crippen molar-refractivity contribution < 1.29 is 141 Å². The zero-order valence-corrected chi connectivity index (χ0v) is 21.8. The van der Waals surface area contributed by atoms with Gasteiger partial charge in [0.1, 0.15) is 0 Å². The predicted molar refractivity (Wildman–Crippen MR) is 62.3 cm³/mol. The van der Waals surface area contributed by atoms with E-state index < -0.39 is 30.6 Å². The van der Waals surface area contributed by atoms with E-state index in [1.165, 1.54) is 0 Å². The van der Waals surface area contributed by atoms with Gasteiger partial charge in [-0.25, -0.2) is 0 Å². The zero-order chi connectivity index (χ0) is 17.9. The summed E-state index contributed by atoms with van der Waals surface area (Å²) in [6, 6.07) is 0. The van der Waals surface area contributed by atoms with Crippen molar-refractivity contribution in [2.75, 3.05) is 0 Å². The van der Waals surface area contributed by atoms with Gasteiger partial charge in [0.25, 0.3) is 0 Å². The third-order valence-corrected chi connectivity index (χ3v) is 0. The summed E-state index contributed by atoms with van der Waals surface area (Å²) in [6.45, 7) is 0. The average Bonchev–Trinajstić information content (AvgIpc) is 1.94. The van der Waals surface area contributed by atoms with Gasteiger partial charge in [-0.15, -0.1) is 0 Å². The first-order valence-corrected chi connectivity index (χ1v) is 7.09. The number of rotatable bonds is 0. The Labute approximate surface area is 238 Å². The molecule has 0 aliphatic carbocycles. The Bertz CT molecular complexity index is 220. The fraction of sp³-hybridized carbons (Fsp3) is 0. The van der Waals surface area contributed by atoms with Crippen molar-refractivity contribution in [1.82, 2.24) is 0 Å². The molecule has 0 radical (unpaired) electrons. The summed E-state index contributed by atoms with van der Waals surface area (Å²) >= 11 is 14.6. The van der Waals surface area contributed by atoms with Crippen molar-refractivity contribution in [3.63, 3.8) is 0 Å². The Morgan fingerprint density at radius 2 is 0.652 bits per heavy atom. The SMILES string of the molecule is ClP(Cl)Cl.O=C([O-])O.O=C([O-])O.O=C([O-])O.O=C([O-])O.[Ca+2].[K+].[Na+]. The fourth-order valence-electron chi connectivity index (χ4n) is 0. The largest absolute Gasteiger partial charge is 2.00 e. The second kappa shape index (κ2) is 44.1. The molecule has 0 aromatic rings. The van der Waals surface area contributed by atoms with Crippen molar-refractivity contribution in [3.8, 4) is 0 Å². The summed E-state index contributed by atoms with van der Waals surface area (Å²) in [5.41, 5.74) is 0. The molecule has 0 bridgehead atoms. The number of hydrogen-bond acceptors (Lipinski definition) is 8.